The van der Waals surface area contributed by atoms with E-state index in [0.717, 1.165) is 13.2 Å². The Kier molecular flexibility index (Phi) is 5.17. The average molecular weight is 250 g/mol. The van der Waals surface area contributed by atoms with Crippen molar-refractivity contribution in [2.45, 2.75) is 26.7 Å². The maximum atomic E-state index is 5.69. The van der Waals surface area contributed by atoms with Crippen molar-refractivity contribution in [3.8, 4) is 0 Å². The summed E-state index contributed by atoms with van der Waals surface area (Å²) >= 11 is 0. The third-order valence-corrected chi connectivity index (χ3v) is 3.00. The van der Waals surface area contributed by atoms with Crippen LogP contribution in [0.1, 0.15) is 19.4 Å². The van der Waals surface area contributed by atoms with Crippen molar-refractivity contribution < 1.29 is 14.2 Å². The molecular weight excluding hydrogens is 228 g/mol. The summed E-state index contributed by atoms with van der Waals surface area (Å²) in [4.78, 5) is 0. The van der Waals surface area contributed by atoms with Crippen LogP contribution in [0.25, 0.3) is 0 Å². The van der Waals surface area contributed by atoms with Crippen molar-refractivity contribution in [1.29, 1.82) is 0 Å². The zero-order chi connectivity index (χ0) is 12.8. The van der Waals surface area contributed by atoms with Gasteiger partial charge in [0.05, 0.1) is 26.4 Å². The van der Waals surface area contributed by atoms with Gasteiger partial charge in [-0.05, 0) is 5.56 Å². The van der Waals surface area contributed by atoms with Gasteiger partial charge in [-0.25, -0.2) is 0 Å². The molecule has 0 aliphatic carbocycles. The number of rotatable bonds is 5. The van der Waals surface area contributed by atoms with Crippen LogP contribution in [0.5, 0.6) is 0 Å². The Morgan fingerprint density at radius 2 is 1.83 bits per heavy atom. The van der Waals surface area contributed by atoms with Crippen molar-refractivity contribution in [3.63, 3.8) is 0 Å². The van der Waals surface area contributed by atoms with Crippen molar-refractivity contribution >= 4 is 0 Å². The Balaban J connectivity index is 1.64. The number of hydrogen-bond donors (Lipinski definition) is 0. The highest BCUT2D eigenvalue weighted by Crippen LogP contribution is 2.17. The molecule has 0 unspecified atom stereocenters. The van der Waals surface area contributed by atoms with Crippen molar-refractivity contribution in [1.82, 2.24) is 0 Å². The highest BCUT2D eigenvalue weighted by molar-refractivity contribution is 5.13. The van der Waals surface area contributed by atoms with Crippen LogP contribution in [-0.2, 0) is 20.8 Å². The molecule has 3 heteroatoms. The monoisotopic (exact) mass is 250 g/mol. The van der Waals surface area contributed by atoms with E-state index in [1.54, 1.807) is 0 Å². The second-order valence-corrected chi connectivity index (χ2v) is 5.15. The molecule has 1 heterocycles. The fraction of sp³-hybridized carbons (Fsp3) is 0.600. The standard InChI is InChI=1S/C15H22O3/c1-12(2)15-17-10-14(11-18-15)9-16-8-13-6-4-3-5-7-13/h3-7,12,14-15H,8-11H2,1-2H3. The SMILES string of the molecule is CC(C)C1OCC(COCc2ccccc2)CO1. The van der Waals surface area contributed by atoms with E-state index in [1.807, 2.05) is 18.2 Å². The number of ether oxygens (including phenoxy) is 3. The highest BCUT2D eigenvalue weighted by Gasteiger charge is 2.24. The normalized spacial score (nSPS) is 24.4. The molecule has 0 radical (unpaired) electrons. The molecule has 1 saturated heterocycles. The molecule has 1 aromatic rings. The third kappa shape index (κ3) is 4.09. The van der Waals surface area contributed by atoms with Gasteiger partial charge in [0, 0.05) is 11.8 Å². The molecule has 1 aliphatic rings. The first-order chi connectivity index (χ1) is 8.75. The van der Waals surface area contributed by atoms with Gasteiger partial charge >= 0.3 is 0 Å². The maximum absolute atomic E-state index is 5.69. The molecule has 0 amide bonds. The van der Waals surface area contributed by atoms with Crippen molar-refractivity contribution in [2.24, 2.45) is 11.8 Å². The van der Waals surface area contributed by atoms with Crippen molar-refractivity contribution in [2.75, 3.05) is 19.8 Å². The molecule has 1 aliphatic heterocycles. The minimum atomic E-state index is -0.0460. The lowest BCUT2D eigenvalue weighted by molar-refractivity contribution is -0.225. The van der Waals surface area contributed by atoms with Crippen LogP contribution in [0.2, 0.25) is 0 Å². The lowest BCUT2D eigenvalue weighted by Gasteiger charge is -2.31. The fourth-order valence-corrected chi connectivity index (χ4v) is 1.96. The third-order valence-electron chi connectivity index (χ3n) is 3.00. The summed E-state index contributed by atoms with van der Waals surface area (Å²) in [5, 5.41) is 0. The number of hydrogen-bond acceptors (Lipinski definition) is 3. The zero-order valence-corrected chi connectivity index (χ0v) is 11.2. The minimum Gasteiger partial charge on any atom is -0.376 e. The predicted molar refractivity (Wildman–Crippen MR) is 70.1 cm³/mol. The van der Waals surface area contributed by atoms with Gasteiger partial charge in [-0.3, -0.25) is 0 Å². The largest absolute Gasteiger partial charge is 0.376 e. The highest BCUT2D eigenvalue weighted by atomic mass is 16.7. The Morgan fingerprint density at radius 3 is 2.44 bits per heavy atom. The summed E-state index contributed by atoms with van der Waals surface area (Å²) in [6.45, 7) is 7.04. The molecule has 0 atom stereocenters. The van der Waals surface area contributed by atoms with E-state index >= 15 is 0 Å². The summed E-state index contributed by atoms with van der Waals surface area (Å²) < 4.78 is 17.0. The Bertz CT molecular complexity index is 329. The Morgan fingerprint density at radius 1 is 1.17 bits per heavy atom. The topological polar surface area (TPSA) is 27.7 Å². The van der Waals surface area contributed by atoms with Gasteiger partial charge in [-0.1, -0.05) is 44.2 Å². The first-order valence-corrected chi connectivity index (χ1v) is 6.60. The summed E-state index contributed by atoms with van der Waals surface area (Å²) in [7, 11) is 0. The molecule has 3 nitrogen and oxygen atoms in total. The van der Waals surface area contributed by atoms with E-state index in [-0.39, 0.29) is 6.29 Å². The summed E-state index contributed by atoms with van der Waals surface area (Å²) in [6.07, 6.45) is -0.0460. The van der Waals surface area contributed by atoms with Gasteiger partial charge < -0.3 is 14.2 Å². The first kappa shape index (κ1) is 13.5. The van der Waals surface area contributed by atoms with E-state index in [4.69, 9.17) is 14.2 Å². The van der Waals surface area contributed by atoms with E-state index in [1.165, 1.54) is 5.56 Å². The molecule has 100 valence electrons. The first-order valence-electron chi connectivity index (χ1n) is 6.60. The van der Waals surface area contributed by atoms with Crippen LogP contribution in [0, 0.1) is 11.8 Å². The second-order valence-electron chi connectivity index (χ2n) is 5.15. The van der Waals surface area contributed by atoms with Gasteiger partial charge in [-0.2, -0.15) is 0 Å². The molecule has 1 aromatic carbocycles. The molecule has 0 aromatic heterocycles. The molecule has 0 N–H and O–H groups in total. The van der Waals surface area contributed by atoms with Crippen LogP contribution in [-0.4, -0.2) is 26.1 Å². The Hall–Kier alpha value is -0.900. The van der Waals surface area contributed by atoms with Crippen molar-refractivity contribution in [3.05, 3.63) is 35.9 Å². The molecular formula is C15H22O3. The van der Waals surface area contributed by atoms with Gasteiger partial charge in [0.2, 0.25) is 0 Å². The second kappa shape index (κ2) is 6.88. The Labute approximate surface area is 109 Å². The zero-order valence-electron chi connectivity index (χ0n) is 11.2. The fourth-order valence-electron chi connectivity index (χ4n) is 1.96. The number of benzene rings is 1. The van der Waals surface area contributed by atoms with Crippen LogP contribution < -0.4 is 0 Å². The molecule has 18 heavy (non-hydrogen) atoms. The van der Waals surface area contributed by atoms with Gasteiger partial charge in [0.15, 0.2) is 6.29 Å². The van der Waals surface area contributed by atoms with Gasteiger partial charge in [0.1, 0.15) is 0 Å². The van der Waals surface area contributed by atoms with Crippen LogP contribution in [0.4, 0.5) is 0 Å². The minimum absolute atomic E-state index is 0.0460. The average Bonchev–Trinajstić information content (AvgIpc) is 2.40. The molecule has 1 fully saturated rings. The van der Waals surface area contributed by atoms with E-state index in [9.17, 15) is 0 Å². The molecule has 0 spiro atoms. The summed E-state index contributed by atoms with van der Waals surface area (Å²) in [5.41, 5.74) is 1.20. The molecule has 0 bridgehead atoms. The summed E-state index contributed by atoms with van der Waals surface area (Å²) in [6, 6.07) is 10.2. The van der Waals surface area contributed by atoms with Gasteiger partial charge in [0.25, 0.3) is 0 Å². The van der Waals surface area contributed by atoms with Gasteiger partial charge in [-0.15, -0.1) is 0 Å². The van der Waals surface area contributed by atoms with Crippen LogP contribution in [0.15, 0.2) is 30.3 Å². The smallest absolute Gasteiger partial charge is 0.159 e. The van der Waals surface area contributed by atoms with E-state index < -0.39 is 0 Å². The molecule has 2 rings (SSSR count). The van der Waals surface area contributed by atoms with Crippen LogP contribution >= 0.6 is 0 Å². The lowest BCUT2D eigenvalue weighted by atomic mass is 10.1. The summed E-state index contributed by atoms with van der Waals surface area (Å²) in [5.74, 6) is 0.764. The van der Waals surface area contributed by atoms with Crippen LogP contribution in [0.3, 0.4) is 0 Å². The quantitative estimate of drug-likeness (QED) is 0.804. The predicted octanol–water partition coefficient (Wildman–Crippen LogP) is 2.85. The lowest BCUT2D eigenvalue weighted by Crippen LogP contribution is -2.37. The molecule has 0 saturated carbocycles. The maximum Gasteiger partial charge on any atom is 0.159 e. The van der Waals surface area contributed by atoms with E-state index in [2.05, 4.69) is 26.0 Å². The van der Waals surface area contributed by atoms with E-state index in [0.29, 0.717) is 25.0 Å².